The minimum atomic E-state index is -1.54. The van der Waals surface area contributed by atoms with E-state index in [2.05, 4.69) is 21.4 Å². The highest BCUT2D eigenvalue weighted by Crippen LogP contribution is 2.65. The zero-order chi connectivity index (χ0) is 36.9. The Bertz CT molecular complexity index is 1980. The molecule has 3 aromatic carbocycles. The van der Waals surface area contributed by atoms with Crippen molar-refractivity contribution < 1.29 is 38.9 Å². The van der Waals surface area contributed by atoms with Gasteiger partial charge in [0.1, 0.15) is 0 Å². The fraction of sp³-hybridized carbons (Fsp3) is 0.375. The normalized spacial score (nSPS) is 26.5. The summed E-state index contributed by atoms with van der Waals surface area (Å²) in [6, 6.07) is 19.8. The number of carboxylic acid groups (broad SMARTS) is 1. The molecule has 0 spiro atoms. The molecule has 6 atom stereocenters. The van der Waals surface area contributed by atoms with Crippen LogP contribution in [0, 0.1) is 30.6 Å². The number of carbonyl (C=O) groups excluding carboxylic acids is 4. The molecule has 2 heterocycles. The average molecular weight is 771 g/mol. The van der Waals surface area contributed by atoms with E-state index in [1.165, 1.54) is 12.0 Å². The van der Waals surface area contributed by atoms with Crippen molar-refractivity contribution in [2.45, 2.75) is 56.8 Å². The SMILES string of the molecule is COc1cc(Br)cc(C2C3=CCC4C(=O)N(CCCCCC(=O)O)C(=O)C4C3CC3C(=O)N(Nc4ccc(C)cc4)C(=O)C32c2ccccc2)c1O. The van der Waals surface area contributed by atoms with Crippen molar-refractivity contribution in [3.63, 3.8) is 0 Å². The van der Waals surface area contributed by atoms with Gasteiger partial charge in [-0.2, -0.15) is 5.01 Å². The summed E-state index contributed by atoms with van der Waals surface area (Å²) in [4.78, 5) is 70.5. The van der Waals surface area contributed by atoms with Crippen LogP contribution in [-0.2, 0) is 29.4 Å². The van der Waals surface area contributed by atoms with E-state index < -0.39 is 52.8 Å². The quantitative estimate of drug-likeness (QED) is 0.119. The van der Waals surface area contributed by atoms with Crippen molar-refractivity contribution in [3.05, 3.63) is 99.5 Å². The Morgan fingerprint density at radius 1 is 0.962 bits per heavy atom. The zero-order valence-corrected chi connectivity index (χ0v) is 30.5. The first-order valence-corrected chi connectivity index (χ1v) is 18.4. The third-order valence-electron chi connectivity index (χ3n) is 11.4. The second-order valence-electron chi connectivity index (χ2n) is 14.2. The van der Waals surface area contributed by atoms with Gasteiger partial charge in [-0.3, -0.25) is 34.3 Å². The Balaban J connectivity index is 1.37. The molecule has 52 heavy (non-hydrogen) atoms. The van der Waals surface area contributed by atoms with E-state index in [0.29, 0.717) is 40.5 Å². The summed E-state index contributed by atoms with van der Waals surface area (Å²) in [5.41, 5.74) is 4.77. The molecule has 270 valence electrons. The largest absolute Gasteiger partial charge is 0.504 e. The number of amides is 4. The molecule has 7 rings (SSSR count). The number of phenolic OH excluding ortho intramolecular Hbond substituents is 1. The van der Waals surface area contributed by atoms with E-state index in [1.54, 1.807) is 24.3 Å². The fourth-order valence-corrected chi connectivity index (χ4v) is 9.52. The van der Waals surface area contributed by atoms with Crippen LogP contribution < -0.4 is 10.2 Å². The number of nitrogens with zero attached hydrogens (tertiary/aromatic N) is 2. The number of hydrazine groups is 1. The number of ether oxygens (including phenoxy) is 1. The lowest BCUT2D eigenvalue weighted by molar-refractivity contribution is -0.141. The number of hydrogen-bond donors (Lipinski definition) is 3. The van der Waals surface area contributed by atoms with Gasteiger partial charge in [0.25, 0.3) is 11.8 Å². The number of phenols is 1. The smallest absolute Gasteiger partial charge is 0.303 e. The number of likely N-dealkylation sites (tertiary alicyclic amines) is 1. The Hall–Kier alpha value is -4.97. The maximum atomic E-state index is 15.3. The predicted molar refractivity (Wildman–Crippen MR) is 194 cm³/mol. The van der Waals surface area contributed by atoms with Crippen LogP contribution in [0.15, 0.2) is 82.9 Å². The van der Waals surface area contributed by atoms with Crippen molar-refractivity contribution in [3.8, 4) is 11.5 Å². The third-order valence-corrected chi connectivity index (χ3v) is 11.8. The van der Waals surface area contributed by atoms with Crippen LogP contribution in [0.2, 0.25) is 0 Å². The van der Waals surface area contributed by atoms with E-state index >= 15 is 4.79 Å². The third kappa shape index (κ3) is 5.67. The Morgan fingerprint density at radius 3 is 2.38 bits per heavy atom. The molecule has 2 aliphatic heterocycles. The van der Waals surface area contributed by atoms with Gasteiger partial charge in [-0.1, -0.05) is 82.0 Å². The lowest BCUT2D eigenvalue weighted by Gasteiger charge is -2.50. The van der Waals surface area contributed by atoms with E-state index in [0.717, 1.165) is 16.1 Å². The highest BCUT2D eigenvalue weighted by molar-refractivity contribution is 9.10. The van der Waals surface area contributed by atoms with Crippen LogP contribution in [0.4, 0.5) is 5.69 Å². The minimum absolute atomic E-state index is 0.0181. The van der Waals surface area contributed by atoms with Crippen molar-refractivity contribution in [1.82, 2.24) is 9.91 Å². The monoisotopic (exact) mass is 769 g/mol. The molecule has 6 unspecified atom stereocenters. The van der Waals surface area contributed by atoms with Gasteiger partial charge in [-0.05, 0) is 68.4 Å². The number of imide groups is 2. The molecule has 3 N–H and O–H groups in total. The first-order valence-electron chi connectivity index (χ1n) is 17.6. The zero-order valence-electron chi connectivity index (χ0n) is 28.9. The van der Waals surface area contributed by atoms with Gasteiger partial charge in [0.15, 0.2) is 11.5 Å². The number of unbranched alkanes of at least 4 members (excludes halogenated alkanes) is 2. The lowest BCUT2D eigenvalue weighted by atomic mass is 9.49. The van der Waals surface area contributed by atoms with Gasteiger partial charge in [-0.15, -0.1) is 0 Å². The van der Waals surface area contributed by atoms with Crippen molar-refractivity contribution >= 4 is 51.2 Å². The molecular weight excluding hydrogens is 730 g/mol. The van der Waals surface area contributed by atoms with Crippen LogP contribution in [-0.4, -0.2) is 63.4 Å². The molecule has 1 saturated carbocycles. The van der Waals surface area contributed by atoms with Gasteiger partial charge in [-0.25, -0.2) is 0 Å². The van der Waals surface area contributed by atoms with Crippen LogP contribution >= 0.6 is 15.9 Å². The number of nitrogens with one attached hydrogen (secondary N) is 1. The number of carbonyl (C=O) groups is 5. The van der Waals surface area contributed by atoms with Crippen LogP contribution in [0.3, 0.4) is 0 Å². The average Bonchev–Trinajstić information content (AvgIpc) is 3.50. The molecule has 4 aliphatic rings. The highest BCUT2D eigenvalue weighted by atomic mass is 79.9. The molecule has 0 aromatic heterocycles. The number of benzene rings is 3. The van der Waals surface area contributed by atoms with Crippen molar-refractivity contribution in [1.29, 1.82) is 0 Å². The maximum absolute atomic E-state index is 15.3. The number of methoxy groups -OCH3 is 1. The van der Waals surface area contributed by atoms with Crippen LogP contribution in [0.25, 0.3) is 0 Å². The second kappa shape index (κ2) is 13.9. The Morgan fingerprint density at radius 2 is 1.69 bits per heavy atom. The molecule has 4 amide bonds. The lowest BCUT2D eigenvalue weighted by Crippen LogP contribution is -2.53. The fourth-order valence-electron chi connectivity index (χ4n) is 9.07. The summed E-state index contributed by atoms with van der Waals surface area (Å²) in [5.74, 6) is -6.32. The number of aryl methyl sites for hydroxylation is 1. The Labute approximate surface area is 309 Å². The highest BCUT2D eigenvalue weighted by Gasteiger charge is 2.70. The maximum Gasteiger partial charge on any atom is 0.303 e. The number of hydrogen-bond acceptors (Lipinski definition) is 8. The summed E-state index contributed by atoms with van der Waals surface area (Å²) in [7, 11) is 1.44. The molecule has 12 heteroatoms. The topological polar surface area (TPSA) is 154 Å². The van der Waals surface area contributed by atoms with E-state index in [1.807, 2.05) is 55.5 Å². The van der Waals surface area contributed by atoms with Crippen LogP contribution in [0.1, 0.15) is 61.1 Å². The van der Waals surface area contributed by atoms with Gasteiger partial charge >= 0.3 is 5.97 Å². The van der Waals surface area contributed by atoms with Crippen LogP contribution in [0.5, 0.6) is 11.5 Å². The van der Waals surface area contributed by atoms with E-state index in [4.69, 9.17) is 9.84 Å². The molecule has 2 saturated heterocycles. The number of aromatic hydroxyl groups is 1. The molecule has 3 aromatic rings. The summed E-state index contributed by atoms with van der Waals surface area (Å²) in [6.45, 7) is 2.12. The summed E-state index contributed by atoms with van der Waals surface area (Å²) in [5, 5.41) is 21.9. The first-order chi connectivity index (χ1) is 25.0. The predicted octanol–water partition coefficient (Wildman–Crippen LogP) is 6.10. The molecule has 0 radical (unpaired) electrons. The van der Waals surface area contributed by atoms with E-state index in [9.17, 15) is 24.3 Å². The summed E-state index contributed by atoms with van der Waals surface area (Å²) in [6.07, 6.45) is 3.83. The number of aliphatic carboxylic acids is 1. The Kier molecular flexibility index (Phi) is 9.45. The molecule has 0 bridgehead atoms. The first kappa shape index (κ1) is 35.4. The molecular formula is C40H40BrN3O8. The number of carboxylic acids is 1. The molecule has 11 nitrogen and oxygen atoms in total. The number of allylic oxidation sites excluding steroid dienone is 2. The van der Waals surface area contributed by atoms with E-state index in [-0.39, 0.29) is 49.1 Å². The van der Waals surface area contributed by atoms with Gasteiger partial charge in [0.05, 0.1) is 36.0 Å². The van der Waals surface area contributed by atoms with Gasteiger partial charge in [0, 0.05) is 28.9 Å². The van der Waals surface area contributed by atoms with Gasteiger partial charge < -0.3 is 14.9 Å². The standard InChI is InChI=1S/C40H40BrN3O8/c1-22-12-14-25(15-13-22)42-44-37(49)30-21-28-26(16-17-27-33(28)38(50)43(36(27)48)18-8-4-7-11-32(45)46)34(29-19-24(41)20-31(52-2)35(29)47)40(30,39(44)51)23-9-5-3-6-10-23/h3,5-6,9-10,12-16,19-20,27-28,30,33-34,42,47H,4,7-8,11,17-18,21H2,1-2H3,(H,45,46). The number of rotatable bonds is 11. The molecule has 3 fully saturated rings. The summed E-state index contributed by atoms with van der Waals surface area (Å²) >= 11 is 3.57. The number of halogens is 1. The van der Waals surface area contributed by atoms with Gasteiger partial charge in [0.2, 0.25) is 11.8 Å². The second-order valence-corrected chi connectivity index (χ2v) is 15.1. The molecule has 2 aliphatic carbocycles. The van der Waals surface area contributed by atoms with Crippen molar-refractivity contribution in [2.24, 2.45) is 23.7 Å². The van der Waals surface area contributed by atoms with Crippen molar-refractivity contribution in [2.75, 3.05) is 19.1 Å². The number of anilines is 1. The summed E-state index contributed by atoms with van der Waals surface area (Å²) < 4.78 is 6.16. The number of fused-ring (bicyclic) bond motifs is 4. The minimum Gasteiger partial charge on any atom is -0.504 e.